The number of hydrogen-bond acceptors (Lipinski definition) is 5. The number of nitrogens with one attached hydrogen (secondary N) is 1. The molecule has 2 unspecified atom stereocenters. The highest BCUT2D eigenvalue weighted by atomic mass is 32.1. The Morgan fingerprint density at radius 1 is 1.72 bits per heavy atom. The van der Waals surface area contributed by atoms with Gasteiger partial charge in [-0.3, -0.25) is 9.69 Å². The Kier molecular flexibility index (Phi) is 4.31. The SMILES string of the molecule is CC(C(=O)Nc1nccs1)N(C)CC(O)C1CC1. The van der Waals surface area contributed by atoms with E-state index < -0.39 is 0 Å². The highest BCUT2D eigenvalue weighted by Gasteiger charge is 2.31. The zero-order valence-electron chi connectivity index (χ0n) is 10.7. The summed E-state index contributed by atoms with van der Waals surface area (Å²) < 4.78 is 0. The predicted molar refractivity (Wildman–Crippen MR) is 71.6 cm³/mol. The van der Waals surface area contributed by atoms with Gasteiger partial charge in [-0.2, -0.15) is 0 Å². The van der Waals surface area contributed by atoms with Crippen LogP contribution >= 0.6 is 11.3 Å². The molecule has 1 fully saturated rings. The van der Waals surface area contributed by atoms with Crippen LogP contribution in [0.15, 0.2) is 11.6 Å². The smallest absolute Gasteiger partial charge is 0.243 e. The molecule has 100 valence electrons. The third-order valence-electron chi connectivity index (χ3n) is 3.34. The molecule has 2 rings (SSSR count). The van der Waals surface area contributed by atoms with Gasteiger partial charge < -0.3 is 10.4 Å². The molecule has 0 aliphatic heterocycles. The number of hydrogen-bond donors (Lipinski definition) is 2. The Morgan fingerprint density at radius 2 is 2.44 bits per heavy atom. The molecule has 0 spiro atoms. The van der Waals surface area contributed by atoms with Crippen LogP contribution in [-0.2, 0) is 4.79 Å². The lowest BCUT2D eigenvalue weighted by Crippen LogP contribution is -2.43. The van der Waals surface area contributed by atoms with Crippen molar-refractivity contribution >= 4 is 22.4 Å². The third kappa shape index (κ3) is 3.51. The quantitative estimate of drug-likeness (QED) is 0.813. The van der Waals surface area contributed by atoms with Gasteiger partial charge in [0.05, 0.1) is 12.1 Å². The molecule has 0 radical (unpaired) electrons. The van der Waals surface area contributed by atoms with Gasteiger partial charge in [-0.1, -0.05) is 0 Å². The topological polar surface area (TPSA) is 65.5 Å². The Balaban J connectivity index is 1.81. The monoisotopic (exact) mass is 269 g/mol. The summed E-state index contributed by atoms with van der Waals surface area (Å²) in [5.41, 5.74) is 0. The van der Waals surface area contributed by atoms with Crippen molar-refractivity contribution in [1.82, 2.24) is 9.88 Å². The Hall–Kier alpha value is -0.980. The second-order valence-corrected chi connectivity index (χ2v) is 5.74. The molecule has 1 saturated carbocycles. The van der Waals surface area contributed by atoms with Crippen molar-refractivity contribution in [2.75, 3.05) is 18.9 Å². The second kappa shape index (κ2) is 5.77. The summed E-state index contributed by atoms with van der Waals surface area (Å²) in [6, 6.07) is -0.276. The van der Waals surface area contributed by atoms with E-state index in [0.29, 0.717) is 17.6 Å². The first kappa shape index (κ1) is 13.5. The van der Waals surface area contributed by atoms with E-state index in [-0.39, 0.29) is 18.1 Å². The number of anilines is 1. The normalized spacial score (nSPS) is 18.7. The number of nitrogens with zero attached hydrogens (tertiary/aromatic N) is 2. The molecule has 0 saturated heterocycles. The van der Waals surface area contributed by atoms with Gasteiger partial charge in [0.25, 0.3) is 0 Å². The summed E-state index contributed by atoms with van der Waals surface area (Å²) in [7, 11) is 1.86. The van der Waals surface area contributed by atoms with E-state index in [0.717, 1.165) is 12.8 Å². The molecule has 1 amide bonds. The largest absolute Gasteiger partial charge is 0.392 e. The maximum Gasteiger partial charge on any atom is 0.243 e. The number of likely N-dealkylation sites (N-methyl/N-ethyl adjacent to an activating group) is 1. The fourth-order valence-corrected chi connectivity index (χ4v) is 2.31. The van der Waals surface area contributed by atoms with Crippen LogP contribution in [0.3, 0.4) is 0 Å². The van der Waals surface area contributed by atoms with Crippen molar-refractivity contribution in [3.8, 4) is 0 Å². The molecule has 0 bridgehead atoms. The van der Waals surface area contributed by atoms with Crippen LogP contribution < -0.4 is 5.32 Å². The van der Waals surface area contributed by atoms with E-state index in [9.17, 15) is 9.90 Å². The van der Waals surface area contributed by atoms with Crippen molar-refractivity contribution in [3.05, 3.63) is 11.6 Å². The second-order valence-electron chi connectivity index (χ2n) is 4.85. The van der Waals surface area contributed by atoms with Crippen LogP contribution in [0.25, 0.3) is 0 Å². The van der Waals surface area contributed by atoms with Crippen LogP contribution in [0.1, 0.15) is 19.8 Å². The molecule has 18 heavy (non-hydrogen) atoms. The van der Waals surface area contributed by atoms with E-state index in [1.54, 1.807) is 6.20 Å². The molecule has 6 heteroatoms. The van der Waals surface area contributed by atoms with Gasteiger partial charge >= 0.3 is 0 Å². The molecule has 0 aromatic carbocycles. The lowest BCUT2D eigenvalue weighted by atomic mass is 10.2. The van der Waals surface area contributed by atoms with Crippen LogP contribution in [-0.4, -0.2) is 46.6 Å². The summed E-state index contributed by atoms with van der Waals surface area (Å²) in [6.45, 7) is 2.37. The van der Waals surface area contributed by atoms with E-state index in [4.69, 9.17) is 0 Å². The summed E-state index contributed by atoms with van der Waals surface area (Å²) >= 11 is 1.40. The number of carbonyl (C=O) groups excluding carboxylic acids is 1. The Morgan fingerprint density at radius 3 is 3.00 bits per heavy atom. The molecule has 2 atom stereocenters. The summed E-state index contributed by atoms with van der Waals surface area (Å²) in [4.78, 5) is 17.8. The fourth-order valence-electron chi connectivity index (χ4n) is 1.78. The van der Waals surface area contributed by atoms with Crippen molar-refractivity contribution in [2.45, 2.75) is 31.9 Å². The van der Waals surface area contributed by atoms with Crippen LogP contribution in [0.2, 0.25) is 0 Å². The molecule has 1 aliphatic carbocycles. The third-order valence-corrected chi connectivity index (χ3v) is 4.03. The molecular formula is C12H19N3O2S. The number of rotatable bonds is 6. The van der Waals surface area contributed by atoms with Gasteiger partial charge in [0, 0.05) is 18.1 Å². The average molecular weight is 269 g/mol. The fraction of sp³-hybridized carbons (Fsp3) is 0.667. The first-order chi connectivity index (χ1) is 8.58. The summed E-state index contributed by atoms with van der Waals surface area (Å²) in [5, 5.41) is 15.1. The molecule has 1 heterocycles. The number of amides is 1. The average Bonchev–Trinajstić information content (AvgIpc) is 3.08. The zero-order chi connectivity index (χ0) is 13.1. The van der Waals surface area contributed by atoms with Crippen molar-refractivity contribution < 1.29 is 9.90 Å². The van der Waals surface area contributed by atoms with Gasteiger partial charge in [0.1, 0.15) is 0 Å². The summed E-state index contributed by atoms with van der Waals surface area (Å²) in [5.74, 6) is 0.345. The van der Waals surface area contributed by atoms with Gasteiger partial charge in [-0.25, -0.2) is 4.98 Å². The highest BCUT2D eigenvalue weighted by Crippen LogP contribution is 2.32. The van der Waals surface area contributed by atoms with Gasteiger partial charge in [0.15, 0.2) is 5.13 Å². The molecular weight excluding hydrogens is 250 g/mol. The number of carbonyl (C=O) groups is 1. The minimum absolute atomic E-state index is 0.0875. The maximum atomic E-state index is 12.0. The van der Waals surface area contributed by atoms with Gasteiger partial charge in [-0.15, -0.1) is 11.3 Å². The lowest BCUT2D eigenvalue weighted by Gasteiger charge is -2.25. The molecule has 1 aliphatic rings. The van der Waals surface area contributed by atoms with E-state index in [2.05, 4.69) is 10.3 Å². The van der Waals surface area contributed by atoms with Crippen molar-refractivity contribution in [2.24, 2.45) is 5.92 Å². The van der Waals surface area contributed by atoms with Gasteiger partial charge in [0.2, 0.25) is 5.91 Å². The first-order valence-corrected chi connectivity index (χ1v) is 7.04. The Bertz CT molecular complexity index is 392. The number of aromatic nitrogens is 1. The molecule has 5 nitrogen and oxygen atoms in total. The highest BCUT2D eigenvalue weighted by molar-refractivity contribution is 7.13. The number of aliphatic hydroxyl groups excluding tert-OH is 1. The summed E-state index contributed by atoms with van der Waals surface area (Å²) in [6.07, 6.45) is 3.56. The van der Waals surface area contributed by atoms with Crippen LogP contribution in [0.4, 0.5) is 5.13 Å². The van der Waals surface area contributed by atoms with Crippen LogP contribution in [0, 0.1) is 5.92 Å². The first-order valence-electron chi connectivity index (χ1n) is 6.16. The molecule has 1 aromatic rings. The number of thiazole rings is 1. The van der Waals surface area contributed by atoms with E-state index >= 15 is 0 Å². The minimum atomic E-state index is -0.315. The van der Waals surface area contributed by atoms with Crippen LogP contribution in [0.5, 0.6) is 0 Å². The lowest BCUT2D eigenvalue weighted by molar-refractivity contribution is -0.120. The van der Waals surface area contributed by atoms with Crippen molar-refractivity contribution in [3.63, 3.8) is 0 Å². The predicted octanol–water partition coefficient (Wildman–Crippen LogP) is 1.17. The van der Waals surface area contributed by atoms with E-state index in [1.807, 2.05) is 24.3 Å². The van der Waals surface area contributed by atoms with Crippen molar-refractivity contribution in [1.29, 1.82) is 0 Å². The number of aliphatic hydroxyl groups is 1. The molecule has 2 N–H and O–H groups in total. The Labute approximate surface area is 111 Å². The maximum absolute atomic E-state index is 12.0. The standard InChI is InChI=1S/C12H19N3O2S/c1-8(11(17)14-12-13-5-6-18-12)15(2)7-10(16)9-3-4-9/h5-6,8-10,16H,3-4,7H2,1-2H3,(H,13,14,17). The van der Waals surface area contributed by atoms with E-state index in [1.165, 1.54) is 11.3 Å². The molecule has 1 aromatic heterocycles. The zero-order valence-corrected chi connectivity index (χ0v) is 11.5. The minimum Gasteiger partial charge on any atom is -0.392 e. The van der Waals surface area contributed by atoms with Gasteiger partial charge in [-0.05, 0) is 32.7 Å².